The fourth-order valence-corrected chi connectivity index (χ4v) is 1.62. The van der Waals surface area contributed by atoms with Gasteiger partial charge in [0.15, 0.2) is 5.11 Å². The van der Waals surface area contributed by atoms with Gasteiger partial charge in [0.25, 0.3) is 0 Å². The van der Waals surface area contributed by atoms with Crippen LogP contribution in [0.1, 0.15) is 18.4 Å². The van der Waals surface area contributed by atoms with Crippen LogP contribution >= 0.6 is 12.2 Å². The summed E-state index contributed by atoms with van der Waals surface area (Å²) in [5.74, 6) is 0.643. The molecule has 1 aliphatic carbocycles. The Morgan fingerprint density at radius 3 is 3.12 bits per heavy atom. The topological polar surface area (TPSA) is 46.2 Å². The standard InChI is InChI=1S/C11H15N3OS/c1-15-10-8(3-2-6-12-10)7-13-11(16)14-9-4-5-9/h2-3,6,9H,4-5,7H2,1H3,(H2,13,14,16). The van der Waals surface area contributed by atoms with Gasteiger partial charge in [0, 0.05) is 24.3 Å². The molecule has 2 rings (SSSR count). The van der Waals surface area contributed by atoms with Crippen molar-refractivity contribution in [3.63, 3.8) is 0 Å². The lowest BCUT2D eigenvalue weighted by atomic mass is 10.3. The fourth-order valence-electron chi connectivity index (χ4n) is 1.38. The Kier molecular flexibility index (Phi) is 3.56. The average Bonchev–Trinajstić information content (AvgIpc) is 3.10. The zero-order chi connectivity index (χ0) is 11.4. The lowest BCUT2D eigenvalue weighted by Crippen LogP contribution is -2.36. The summed E-state index contributed by atoms with van der Waals surface area (Å²) in [6.07, 6.45) is 4.15. The molecule has 0 aliphatic heterocycles. The van der Waals surface area contributed by atoms with Gasteiger partial charge in [0.2, 0.25) is 5.88 Å². The van der Waals surface area contributed by atoms with Crippen molar-refractivity contribution in [2.75, 3.05) is 7.11 Å². The summed E-state index contributed by atoms with van der Waals surface area (Å²) in [6, 6.07) is 4.44. The predicted molar refractivity (Wildman–Crippen MR) is 66.4 cm³/mol. The zero-order valence-corrected chi connectivity index (χ0v) is 10.0. The predicted octanol–water partition coefficient (Wildman–Crippen LogP) is 1.22. The Balaban J connectivity index is 1.85. The highest BCUT2D eigenvalue weighted by molar-refractivity contribution is 7.80. The molecule has 1 saturated carbocycles. The van der Waals surface area contributed by atoms with E-state index in [1.165, 1.54) is 12.8 Å². The summed E-state index contributed by atoms with van der Waals surface area (Å²) < 4.78 is 5.16. The lowest BCUT2D eigenvalue weighted by molar-refractivity contribution is 0.392. The quantitative estimate of drug-likeness (QED) is 0.771. The highest BCUT2D eigenvalue weighted by atomic mass is 32.1. The molecule has 0 bridgehead atoms. The van der Waals surface area contributed by atoms with Gasteiger partial charge in [-0.05, 0) is 31.1 Å². The van der Waals surface area contributed by atoms with Crippen molar-refractivity contribution in [3.8, 4) is 5.88 Å². The van der Waals surface area contributed by atoms with Gasteiger partial charge in [-0.1, -0.05) is 6.07 Å². The van der Waals surface area contributed by atoms with Gasteiger partial charge < -0.3 is 15.4 Å². The van der Waals surface area contributed by atoms with E-state index in [2.05, 4.69) is 15.6 Å². The van der Waals surface area contributed by atoms with Crippen LogP contribution in [0.25, 0.3) is 0 Å². The molecular formula is C11H15N3OS. The molecule has 0 spiro atoms. The number of nitrogens with one attached hydrogen (secondary N) is 2. The van der Waals surface area contributed by atoms with Crippen molar-refractivity contribution in [1.82, 2.24) is 15.6 Å². The number of rotatable bonds is 4. The van der Waals surface area contributed by atoms with Crippen LogP contribution in [-0.2, 0) is 6.54 Å². The van der Waals surface area contributed by atoms with Crippen LogP contribution < -0.4 is 15.4 Å². The van der Waals surface area contributed by atoms with E-state index < -0.39 is 0 Å². The molecule has 1 fully saturated rings. The Bertz CT molecular complexity index is 379. The third-order valence-electron chi connectivity index (χ3n) is 2.40. The van der Waals surface area contributed by atoms with E-state index in [1.54, 1.807) is 13.3 Å². The third kappa shape index (κ3) is 3.06. The minimum absolute atomic E-state index is 0.579. The van der Waals surface area contributed by atoms with Gasteiger partial charge in [0.05, 0.1) is 7.11 Å². The van der Waals surface area contributed by atoms with Gasteiger partial charge in [0.1, 0.15) is 0 Å². The number of nitrogens with zero attached hydrogens (tertiary/aromatic N) is 1. The molecule has 4 nitrogen and oxygen atoms in total. The van der Waals surface area contributed by atoms with E-state index >= 15 is 0 Å². The molecule has 1 aromatic rings. The zero-order valence-electron chi connectivity index (χ0n) is 9.19. The van der Waals surface area contributed by atoms with E-state index in [0.29, 0.717) is 23.6 Å². The highest BCUT2D eigenvalue weighted by Crippen LogP contribution is 2.18. The van der Waals surface area contributed by atoms with E-state index in [0.717, 1.165) is 5.56 Å². The molecule has 0 amide bonds. The molecule has 0 saturated heterocycles. The Morgan fingerprint density at radius 2 is 2.44 bits per heavy atom. The molecule has 0 aromatic carbocycles. The van der Waals surface area contributed by atoms with Crippen molar-refractivity contribution in [1.29, 1.82) is 0 Å². The van der Waals surface area contributed by atoms with Crippen molar-refractivity contribution in [2.24, 2.45) is 0 Å². The molecule has 16 heavy (non-hydrogen) atoms. The first-order valence-corrected chi connectivity index (χ1v) is 5.72. The van der Waals surface area contributed by atoms with Crippen LogP contribution in [0.15, 0.2) is 18.3 Å². The molecule has 1 aromatic heterocycles. The van der Waals surface area contributed by atoms with E-state index in [1.807, 2.05) is 12.1 Å². The van der Waals surface area contributed by atoms with Gasteiger partial charge in [-0.3, -0.25) is 0 Å². The second-order valence-electron chi connectivity index (χ2n) is 3.77. The molecule has 1 heterocycles. The van der Waals surface area contributed by atoms with Gasteiger partial charge in [-0.25, -0.2) is 4.98 Å². The number of aromatic nitrogens is 1. The monoisotopic (exact) mass is 237 g/mol. The summed E-state index contributed by atoms with van der Waals surface area (Å²) in [5.41, 5.74) is 1.00. The van der Waals surface area contributed by atoms with E-state index in [-0.39, 0.29) is 0 Å². The number of thiocarbonyl (C=S) groups is 1. The van der Waals surface area contributed by atoms with Crippen LogP contribution in [0.2, 0.25) is 0 Å². The Morgan fingerprint density at radius 1 is 1.62 bits per heavy atom. The third-order valence-corrected chi connectivity index (χ3v) is 2.66. The Labute approximate surface area is 100 Å². The highest BCUT2D eigenvalue weighted by Gasteiger charge is 2.21. The van der Waals surface area contributed by atoms with Crippen molar-refractivity contribution in [2.45, 2.75) is 25.4 Å². The van der Waals surface area contributed by atoms with Crippen LogP contribution in [0, 0.1) is 0 Å². The number of pyridine rings is 1. The van der Waals surface area contributed by atoms with E-state index in [4.69, 9.17) is 17.0 Å². The maximum atomic E-state index is 5.17. The summed E-state index contributed by atoms with van der Waals surface area (Å²) in [4.78, 5) is 4.12. The molecule has 0 atom stereocenters. The smallest absolute Gasteiger partial charge is 0.218 e. The number of hydrogen-bond donors (Lipinski definition) is 2. The maximum Gasteiger partial charge on any atom is 0.218 e. The molecule has 0 unspecified atom stereocenters. The molecule has 5 heteroatoms. The first kappa shape index (κ1) is 11.1. The summed E-state index contributed by atoms with van der Waals surface area (Å²) in [5, 5.41) is 7.07. The largest absolute Gasteiger partial charge is 0.481 e. The molecular weight excluding hydrogens is 222 g/mol. The molecule has 86 valence electrons. The number of ether oxygens (including phenoxy) is 1. The molecule has 1 aliphatic rings. The van der Waals surface area contributed by atoms with Crippen molar-refractivity contribution < 1.29 is 4.74 Å². The molecule has 2 N–H and O–H groups in total. The average molecular weight is 237 g/mol. The van der Waals surface area contributed by atoms with Gasteiger partial charge in [-0.15, -0.1) is 0 Å². The first-order valence-electron chi connectivity index (χ1n) is 5.32. The first-order chi connectivity index (χ1) is 7.79. The summed E-state index contributed by atoms with van der Waals surface area (Å²) in [6.45, 7) is 0.634. The maximum absolute atomic E-state index is 5.17. The van der Waals surface area contributed by atoms with E-state index in [9.17, 15) is 0 Å². The number of methoxy groups -OCH3 is 1. The minimum atomic E-state index is 0.579. The van der Waals surface area contributed by atoms with Gasteiger partial charge >= 0.3 is 0 Å². The summed E-state index contributed by atoms with van der Waals surface area (Å²) >= 11 is 5.17. The second-order valence-corrected chi connectivity index (χ2v) is 4.18. The van der Waals surface area contributed by atoms with Crippen LogP contribution in [-0.4, -0.2) is 23.2 Å². The Hall–Kier alpha value is -1.36. The van der Waals surface area contributed by atoms with Crippen LogP contribution in [0.4, 0.5) is 0 Å². The molecule has 0 radical (unpaired) electrons. The van der Waals surface area contributed by atoms with Crippen molar-refractivity contribution >= 4 is 17.3 Å². The van der Waals surface area contributed by atoms with Crippen molar-refractivity contribution in [3.05, 3.63) is 23.9 Å². The fraction of sp³-hybridized carbons (Fsp3) is 0.455. The summed E-state index contributed by atoms with van der Waals surface area (Å²) in [7, 11) is 1.62. The minimum Gasteiger partial charge on any atom is -0.481 e. The lowest BCUT2D eigenvalue weighted by Gasteiger charge is -2.11. The van der Waals surface area contributed by atoms with Crippen LogP contribution in [0.3, 0.4) is 0 Å². The van der Waals surface area contributed by atoms with Gasteiger partial charge in [-0.2, -0.15) is 0 Å². The van der Waals surface area contributed by atoms with Crippen LogP contribution in [0.5, 0.6) is 5.88 Å². The second kappa shape index (κ2) is 5.12. The normalized spacial score (nSPS) is 14.3. The number of hydrogen-bond acceptors (Lipinski definition) is 3. The SMILES string of the molecule is COc1ncccc1CNC(=S)NC1CC1.